The zero-order valence-electron chi connectivity index (χ0n) is 9.20. The number of aliphatic hydroxyl groups is 3. The Bertz CT molecular complexity index is 231. The summed E-state index contributed by atoms with van der Waals surface area (Å²) in [5.41, 5.74) is 0. The van der Waals surface area contributed by atoms with Crippen LogP contribution in [0.25, 0.3) is 0 Å². The van der Waals surface area contributed by atoms with E-state index in [-0.39, 0.29) is 19.2 Å². The average Bonchev–Trinajstić information content (AvgIpc) is 2.54. The van der Waals surface area contributed by atoms with E-state index in [2.05, 4.69) is 0 Å². The molecule has 3 N–H and O–H groups in total. The second-order valence-corrected chi connectivity index (χ2v) is 3.81. The molecule has 1 heterocycles. The fourth-order valence-electron chi connectivity index (χ4n) is 1.57. The fraction of sp³-hybridized carbons (Fsp3) is 0.900. The molecule has 0 aromatic carbocycles. The third-order valence-electron chi connectivity index (χ3n) is 2.50. The van der Waals surface area contributed by atoms with Crippen molar-refractivity contribution in [3.8, 4) is 0 Å². The van der Waals surface area contributed by atoms with Crippen LogP contribution < -0.4 is 0 Å². The lowest BCUT2D eigenvalue weighted by Gasteiger charge is -2.14. The molecule has 16 heavy (non-hydrogen) atoms. The van der Waals surface area contributed by atoms with Crippen LogP contribution >= 0.6 is 0 Å². The van der Waals surface area contributed by atoms with Crippen molar-refractivity contribution in [1.82, 2.24) is 0 Å². The zero-order chi connectivity index (χ0) is 12.1. The van der Waals surface area contributed by atoms with Gasteiger partial charge in [-0.05, 0) is 6.42 Å². The van der Waals surface area contributed by atoms with Crippen molar-refractivity contribution < 1.29 is 29.6 Å². The number of aliphatic hydroxyl groups excluding tert-OH is 3. The van der Waals surface area contributed by atoms with Crippen LogP contribution in [-0.2, 0) is 14.3 Å². The van der Waals surface area contributed by atoms with Crippen molar-refractivity contribution in [2.24, 2.45) is 0 Å². The second kappa shape index (κ2) is 6.15. The molecule has 0 spiro atoms. The summed E-state index contributed by atoms with van der Waals surface area (Å²) in [7, 11) is 0. The first-order chi connectivity index (χ1) is 7.60. The molecular weight excluding hydrogens is 216 g/mol. The van der Waals surface area contributed by atoms with Gasteiger partial charge in [0.15, 0.2) is 0 Å². The van der Waals surface area contributed by atoms with Gasteiger partial charge in [0.2, 0.25) is 0 Å². The molecule has 1 rings (SSSR count). The molecule has 0 unspecified atom stereocenters. The molecule has 0 saturated carbocycles. The van der Waals surface area contributed by atoms with Crippen LogP contribution in [-0.4, -0.2) is 58.9 Å². The highest BCUT2D eigenvalue weighted by molar-refractivity contribution is 5.69. The Morgan fingerprint density at radius 2 is 1.94 bits per heavy atom. The first-order valence-electron chi connectivity index (χ1n) is 5.38. The van der Waals surface area contributed by atoms with Gasteiger partial charge in [-0.25, -0.2) is 0 Å². The third kappa shape index (κ3) is 3.15. The maximum absolute atomic E-state index is 11.1. The number of carbonyl (C=O) groups excluding carboxylic acids is 1. The van der Waals surface area contributed by atoms with E-state index in [0.29, 0.717) is 12.8 Å². The maximum Gasteiger partial charge on any atom is 0.305 e. The first-order valence-corrected chi connectivity index (χ1v) is 5.38. The Hall–Kier alpha value is -0.690. The summed E-state index contributed by atoms with van der Waals surface area (Å²) in [6.45, 7) is 1.37. The van der Waals surface area contributed by atoms with Gasteiger partial charge in [-0.2, -0.15) is 0 Å². The molecule has 1 aliphatic rings. The zero-order valence-corrected chi connectivity index (χ0v) is 9.20. The van der Waals surface area contributed by atoms with Crippen molar-refractivity contribution in [2.45, 2.75) is 44.2 Å². The summed E-state index contributed by atoms with van der Waals surface area (Å²) < 4.78 is 10.00. The molecule has 1 fully saturated rings. The van der Waals surface area contributed by atoms with Gasteiger partial charge in [0, 0.05) is 6.42 Å². The van der Waals surface area contributed by atoms with E-state index >= 15 is 0 Å². The predicted octanol–water partition coefficient (Wildman–Crippen LogP) is -1.19. The lowest BCUT2D eigenvalue weighted by Crippen LogP contribution is -2.35. The van der Waals surface area contributed by atoms with E-state index in [4.69, 9.17) is 14.6 Å². The normalized spacial score (nSPS) is 34.0. The molecule has 0 amide bonds. The minimum Gasteiger partial charge on any atom is -0.463 e. The molecule has 6 heteroatoms. The number of hydrogen-bond donors (Lipinski definition) is 3. The van der Waals surface area contributed by atoms with Gasteiger partial charge in [-0.15, -0.1) is 0 Å². The first kappa shape index (κ1) is 13.4. The highest BCUT2D eigenvalue weighted by Gasteiger charge is 2.42. The quantitative estimate of drug-likeness (QED) is 0.518. The van der Waals surface area contributed by atoms with E-state index in [0.717, 1.165) is 0 Å². The monoisotopic (exact) mass is 234 g/mol. The molecule has 94 valence electrons. The molecule has 0 aromatic heterocycles. The number of esters is 1. The minimum atomic E-state index is -1.14. The number of rotatable bonds is 5. The lowest BCUT2D eigenvalue weighted by molar-refractivity contribution is -0.149. The Morgan fingerprint density at radius 3 is 2.44 bits per heavy atom. The SMILES string of the molecule is CCCC(=O)OC[C@H]1O[C@H](CO)[C@@H](O)[C@@H]1O. The molecule has 4 atom stereocenters. The van der Waals surface area contributed by atoms with E-state index in [9.17, 15) is 15.0 Å². The highest BCUT2D eigenvalue weighted by Crippen LogP contribution is 2.21. The van der Waals surface area contributed by atoms with Gasteiger partial charge in [-0.3, -0.25) is 4.79 Å². The Kier molecular flexibility index (Phi) is 5.14. The van der Waals surface area contributed by atoms with Crippen LogP contribution in [0.3, 0.4) is 0 Å². The van der Waals surface area contributed by atoms with Crippen molar-refractivity contribution in [3.63, 3.8) is 0 Å². The Labute approximate surface area is 93.8 Å². The van der Waals surface area contributed by atoms with Crippen LogP contribution in [0.4, 0.5) is 0 Å². The standard InChI is InChI=1S/C10H18O6/c1-2-3-8(12)15-5-7-10(14)9(13)6(4-11)16-7/h6-7,9-11,13-14H,2-5H2,1H3/t6-,7-,9-,10-/m1/s1. The average molecular weight is 234 g/mol. The Morgan fingerprint density at radius 1 is 1.31 bits per heavy atom. The van der Waals surface area contributed by atoms with Gasteiger partial charge >= 0.3 is 5.97 Å². The molecular formula is C10H18O6. The number of carbonyl (C=O) groups is 1. The van der Waals surface area contributed by atoms with Gasteiger partial charge in [0.05, 0.1) is 6.61 Å². The van der Waals surface area contributed by atoms with Gasteiger partial charge in [0.25, 0.3) is 0 Å². The van der Waals surface area contributed by atoms with E-state index < -0.39 is 24.4 Å². The fourth-order valence-corrected chi connectivity index (χ4v) is 1.57. The van der Waals surface area contributed by atoms with Crippen molar-refractivity contribution in [2.75, 3.05) is 13.2 Å². The molecule has 1 aliphatic heterocycles. The van der Waals surface area contributed by atoms with Crippen LogP contribution in [0.5, 0.6) is 0 Å². The second-order valence-electron chi connectivity index (χ2n) is 3.81. The molecule has 1 saturated heterocycles. The molecule has 0 aromatic rings. The lowest BCUT2D eigenvalue weighted by atomic mass is 10.1. The maximum atomic E-state index is 11.1. The molecule has 6 nitrogen and oxygen atoms in total. The summed E-state index contributed by atoms with van der Waals surface area (Å²) in [5, 5.41) is 27.8. The molecule has 0 aliphatic carbocycles. The number of ether oxygens (including phenoxy) is 2. The number of hydrogen-bond acceptors (Lipinski definition) is 6. The summed E-state index contributed by atoms with van der Waals surface area (Å²) in [5.74, 6) is -0.361. The topological polar surface area (TPSA) is 96.2 Å². The van der Waals surface area contributed by atoms with Crippen molar-refractivity contribution >= 4 is 5.97 Å². The summed E-state index contributed by atoms with van der Waals surface area (Å²) in [6.07, 6.45) is -2.85. The minimum absolute atomic E-state index is 0.104. The van der Waals surface area contributed by atoms with Crippen LogP contribution in [0.1, 0.15) is 19.8 Å². The summed E-state index contributed by atoms with van der Waals surface area (Å²) >= 11 is 0. The highest BCUT2D eigenvalue weighted by atomic mass is 16.6. The van der Waals surface area contributed by atoms with E-state index in [1.165, 1.54) is 0 Å². The largest absolute Gasteiger partial charge is 0.463 e. The van der Waals surface area contributed by atoms with Gasteiger partial charge < -0.3 is 24.8 Å². The Balaban J connectivity index is 2.35. The van der Waals surface area contributed by atoms with Crippen LogP contribution in [0, 0.1) is 0 Å². The van der Waals surface area contributed by atoms with Crippen LogP contribution in [0.2, 0.25) is 0 Å². The van der Waals surface area contributed by atoms with Gasteiger partial charge in [-0.1, -0.05) is 6.92 Å². The summed E-state index contributed by atoms with van der Waals surface area (Å²) in [4.78, 5) is 11.1. The summed E-state index contributed by atoms with van der Waals surface area (Å²) in [6, 6.07) is 0. The van der Waals surface area contributed by atoms with E-state index in [1.54, 1.807) is 0 Å². The van der Waals surface area contributed by atoms with Crippen LogP contribution in [0.15, 0.2) is 0 Å². The van der Waals surface area contributed by atoms with E-state index in [1.807, 2.05) is 6.92 Å². The molecule has 0 bridgehead atoms. The predicted molar refractivity (Wildman–Crippen MR) is 53.6 cm³/mol. The third-order valence-corrected chi connectivity index (χ3v) is 2.50. The smallest absolute Gasteiger partial charge is 0.305 e. The van der Waals surface area contributed by atoms with Crippen molar-refractivity contribution in [1.29, 1.82) is 0 Å². The van der Waals surface area contributed by atoms with Crippen molar-refractivity contribution in [3.05, 3.63) is 0 Å². The van der Waals surface area contributed by atoms with Gasteiger partial charge in [0.1, 0.15) is 31.0 Å². The molecule has 0 radical (unpaired) electrons.